The lowest BCUT2D eigenvalue weighted by Crippen LogP contribution is -2.09. The topological polar surface area (TPSA) is 78.4 Å². The molecule has 0 aliphatic rings. The Morgan fingerprint density at radius 3 is 2.39 bits per heavy atom. The maximum atomic E-state index is 13.7. The van der Waals surface area contributed by atoms with Crippen molar-refractivity contribution >= 4 is 28.3 Å². The predicted octanol–water partition coefficient (Wildman–Crippen LogP) is 4.35. The van der Waals surface area contributed by atoms with E-state index < -0.39 is 0 Å². The van der Waals surface area contributed by atoms with Crippen molar-refractivity contribution in [2.75, 3.05) is 21.3 Å². The molecule has 0 fully saturated rings. The number of allylic oxidation sites excluding steroid dienone is 1. The van der Waals surface area contributed by atoms with E-state index in [1.165, 1.54) is 21.3 Å². The number of ketones is 1. The second-order valence-electron chi connectivity index (χ2n) is 6.95. The molecule has 0 atom stereocenters. The number of aromatic nitrogens is 3. The highest BCUT2D eigenvalue weighted by Gasteiger charge is 2.23. The van der Waals surface area contributed by atoms with E-state index in [1.807, 2.05) is 48.2 Å². The van der Waals surface area contributed by atoms with Gasteiger partial charge in [-0.15, -0.1) is 0 Å². The highest BCUT2D eigenvalue weighted by atomic mass is 16.5. The lowest BCUT2D eigenvalue weighted by Gasteiger charge is -2.14. The van der Waals surface area contributed by atoms with Gasteiger partial charge in [-0.1, -0.05) is 18.2 Å². The first-order valence-corrected chi connectivity index (χ1v) is 9.67. The SMILES string of the molecule is COc1cc(C(=O)C(=Cc2c[nH]c3ccccc23)c2nccn2C)cc(OC)c1OC. The Morgan fingerprint density at radius 2 is 1.77 bits per heavy atom. The average Bonchev–Trinajstić information content (AvgIpc) is 3.41. The molecule has 1 N–H and O–H groups in total. The molecule has 7 nitrogen and oxygen atoms in total. The summed E-state index contributed by atoms with van der Waals surface area (Å²) in [7, 11) is 6.42. The fraction of sp³-hybridized carbons (Fsp3) is 0.167. The minimum Gasteiger partial charge on any atom is -0.493 e. The maximum Gasteiger partial charge on any atom is 0.203 e. The lowest BCUT2D eigenvalue weighted by atomic mass is 9.99. The van der Waals surface area contributed by atoms with Crippen molar-refractivity contribution in [1.29, 1.82) is 0 Å². The standard InChI is InChI=1S/C24H23N3O4/c1-27-10-9-25-24(27)18(11-16-14-26-19-8-6-5-7-17(16)19)22(28)15-12-20(29-2)23(31-4)21(13-15)30-3/h5-14,26H,1-4H3. The molecule has 0 spiro atoms. The first-order valence-electron chi connectivity index (χ1n) is 9.67. The number of Topliss-reactive ketones (excluding diaryl/α,β-unsaturated/α-hetero) is 1. The molecule has 0 aliphatic carbocycles. The summed E-state index contributed by atoms with van der Waals surface area (Å²) in [4.78, 5) is 21.4. The molecule has 158 valence electrons. The van der Waals surface area contributed by atoms with E-state index in [0.29, 0.717) is 34.2 Å². The molecule has 2 heterocycles. The summed E-state index contributed by atoms with van der Waals surface area (Å²) >= 11 is 0. The lowest BCUT2D eigenvalue weighted by molar-refractivity contribution is 0.105. The Bertz CT molecular complexity index is 1260. The number of rotatable bonds is 7. The predicted molar refractivity (Wildman–Crippen MR) is 120 cm³/mol. The molecule has 0 saturated heterocycles. The van der Waals surface area contributed by atoms with Gasteiger partial charge >= 0.3 is 0 Å². The summed E-state index contributed by atoms with van der Waals surface area (Å²) in [5, 5.41) is 1.02. The highest BCUT2D eigenvalue weighted by molar-refractivity contribution is 6.32. The number of methoxy groups -OCH3 is 3. The maximum absolute atomic E-state index is 13.7. The number of ether oxygens (including phenoxy) is 3. The Labute approximate surface area is 179 Å². The van der Waals surface area contributed by atoms with Crippen LogP contribution in [-0.4, -0.2) is 41.6 Å². The third-order valence-corrected chi connectivity index (χ3v) is 5.15. The second kappa shape index (κ2) is 8.39. The summed E-state index contributed by atoms with van der Waals surface area (Å²) < 4.78 is 18.0. The number of carbonyl (C=O) groups excluding carboxylic acids is 1. The van der Waals surface area contributed by atoms with Crippen molar-refractivity contribution in [1.82, 2.24) is 14.5 Å². The number of para-hydroxylation sites is 1. The first-order chi connectivity index (χ1) is 15.1. The largest absolute Gasteiger partial charge is 0.493 e. The fourth-order valence-corrected chi connectivity index (χ4v) is 3.59. The van der Waals surface area contributed by atoms with Crippen LogP contribution in [0.1, 0.15) is 21.7 Å². The summed E-state index contributed by atoms with van der Waals surface area (Å²) in [6.45, 7) is 0. The fourth-order valence-electron chi connectivity index (χ4n) is 3.59. The zero-order valence-electron chi connectivity index (χ0n) is 17.8. The summed E-state index contributed by atoms with van der Waals surface area (Å²) in [6, 6.07) is 11.2. The van der Waals surface area contributed by atoms with Crippen molar-refractivity contribution < 1.29 is 19.0 Å². The Morgan fingerprint density at radius 1 is 1.06 bits per heavy atom. The molecule has 4 rings (SSSR count). The van der Waals surface area contributed by atoms with Crippen molar-refractivity contribution in [3.63, 3.8) is 0 Å². The number of imidazole rings is 1. The molecule has 0 amide bonds. The van der Waals surface area contributed by atoms with E-state index >= 15 is 0 Å². The van der Waals surface area contributed by atoms with Crippen LogP contribution in [0.15, 0.2) is 55.0 Å². The van der Waals surface area contributed by atoms with Gasteiger partial charge in [0.15, 0.2) is 17.3 Å². The number of fused-ring (bicyclic) bond motifs is 1. The third kappa shape index (κ3) is 3.66. The van der Waals surface area contributed by atoms with Crippen LogP contribution in [0.25, 0.3) is 22.6 Å². The van der Waals surface area contributed by atoms with Crippen molar-refractivity contribution in [2.45, 2.75) is 0 Å². The van der Waals surface area contributed by atoms with E-state index in [0.717, 1.165) is 16.5 Å². The van der Waals surface area contributed by atoms with Gasteiger partial charge in [0.2, 0.25) is 5.75 Å². The molecule has 4 aromatic rings. The summed E-state index contributed by atoms with van der Waals surface area (Å²) in [5.41, 5.74) is 2.75. The third-order valence-electron chi connectivity index (χ3n) is 5.15. The number of nitrogens with zero attached hydrogens (tertiary/aromatic N) is 2. The van der Waals surface area contributed by atoms with Crippen LogP contribution >= 0.6 is 0 Å². The molecule has 0 saturated carbocycles. The van der Waals surface area contributed by atoms with Gasteiger partial charge in [-0.2, -0.15) is 0 Å². The van der Waals surface area contributed by atoms with Crippen LogP contribution in [-0.2, 0) is 7.05 Å². The minimum atomic E-state index is -0.209. The van der Waals surface area contributed by atoms with Crippen molar-refractivity contribution in [2.24, 2.45) is 7.05 Å². The monoisotopic (exact) mass is 417 g/mol. The number of aryl methyl sites for hydroxylation is 1. The molecular formula is C24H23N3O4. The molecule has 0 aliphatic heterocycles. The van der Waals surface area contributed by atoms with Gasteiger partial charge < -0.3 is 23.8 Å². The normalized spacial score (nSPS) is 11.5. The molecule has 2 aromatic heterocycles. The van der Waals surface area contributed by atoms with E-state index in [9.17, 15) is 4.79 Å². The molecule has 0 radical (unpaired) electrons. The first kappa shape index (κ1) is 20.3. The van der Waals surface area contributed by atoms with Crippen LogP contribution in [0.5, 0.6) is 17.2 Å². The van der Waals surface area contributed by atoms with Crippen molar-refractivity contribution in [3.05, 3.63) is 71.9 Å². The van der Waals surface area contributed by atoms with Gasteiger partial charge in [0.25, 0.3) is 0 Å². The zero-order chi connectivity index (χ0) is 22.0. The quantitative estimate of drug-likeness (QED) is 0.357. The number of benzene rings is 2. The number of nitrogens with one attached hydrogen (secondary N) is 1. The summed E-state index contributed by atoms with van der Waals surface area (Å²) in [5.74, 6) is 1.61. The number of hydrogen-bond acceptors (Lipinski definition) is 5. The van der Waals surface area contributed by atoms with E-state index in [2.05, 4.69) is 9.97 Å². The molecule has 0 unspecified atom stereocenters. The van der Waals surface area contributed by atoms with E-state index in [4.69, 9.17) is 14.2 Å². The van der Waals surface area contributed by atoms with Crippen LogP contribution in [0, 0.1) is 0 Å². The molecule has 7 heteroatoms. The minimum absolute atomic E-state index is 0.209. The van der Waals surface area contributed by atoms with E-state index in [-0.39, 0.29) is 5.78 Å². The molecule has 2 aromatic carbocycles. The highest BCUT2D eigenvalue weighted by Crippen LogP contribution is 2.39. The Balaban J connectivity index is 1.89. The van der Waals surface area contributed by atoms with Crippen molar-refractivity contribution in [3.8, 4) is 17.2 Å². The number of carbonyl (C=O) groups is 1. The summed E-state index contributed by atoms with van der Waals surface area (Å²) in [6.07, 6.45) is 7.21. The zero-order valence-corrected chi connectivity index (χ0v) is 17.8. The van der Waals surface area contributed by atoms with Gasteiger partial charge in [0.1, 0.15) is 5.82 Å². The van der Waals surface area contributed by atoms with E-state index in [1.54, 1.807) is 24.5 Å². The van der Waals surface area contributed by atoms with Gasteiger partial charge in [-0.3, -0.25) is 4.79 Å². The smallest absolute Gasteiger partial charge is 0.203 e. The number of aromatic amines is 1. The van der Waals surface area contributed by atoms with Crippen LogP contribution in [0.4, 0.5) is 0 Å². The van der Waals surface area contributed by atoms with Gasteiger partial charge in [0, 0.05) is 47.7 Å². The van der Waals surface area contributed by atoms with Crippen LogP contribution in [0.2, 0.25) is 0 Å². The molecule has 31 heavy (non-hydrogen) atoms. The van der Waals surface area contributed by atoms with Crippen LogP contribution in [0.3, 0.4) is 0 Å². The Kier molecular flexibility index (Phi) is 5.49. The van der Waals surface area contributed by atoms with Gasteiger partial charge in [0.05, 0.1) is 26.9 Å². The number of hydrogen-bond donors (Lipinski definition) is 1. The second-order valence-corrected chi connectivity index (χ2v) is 6.95. The molecule has 0 bridgehead atoms. The molecular weight excluding hydrogens is 394 g/mol. The van der Waals surface area contributed by atoms with Gasteiger partial charge in [-0.05, 0) is 24.3 Å². The average molecular weight is 417 g/mol. The van der Waals surface area contributed by atoms with Crippen LogP contribution < -0.4 is 14.2 Å². The Hall–Kier alpha value is -4.00. The number of H-pyrrole nitrogens is 1. The van der Waals surface area contributed by atoms with Gasteiger partial charge in [-0.25, -0.2) is 4.98 Å².